The fourth-order valence-corrected chi connectivity index (χ4v) is 3.77. The zero-order valence-corrected chi connectivity index (χ0v) is 16.9. The number of benzene rings is 2. The highest BCUT2D eigenvalue weighted by Gasteiger charge is 2.38. The van der Waals surface area contributed by atoms with Crippen molar-refractivity contribution in [3.05, 3.63) is 81.0 Å². The van der Waals surface area contributed by atoms with Crippen molar-refractivity contribution in [3.8, 4) is 11.5 Å². The lowest BCUT2D eigenvalue weighted by Crippen LogP contribution is -2.32. The van der Waals surface area contributed by atoms with Crippen molar-refractivity contribution in [2.75, 3.05) is 13.7 Å². The summed E-state index contributed by atoms with van der Waals surface area (Å²) in [6.45, 7) is 3.83. The third-order valence-electron chi connectivity index (χ3n) is 5.16. The number of aryl methyl sites for hydroxylation is 1. The van der Waals surface area contributed by atoms with Gasteiger partial charge in [-0.3, -0.25) is 4.79 Å². The van der Waals surface area contributed by atoms with Gasteiger partial charge in [0.2, 0.25) is 5.88 Å². The van der Waals surface area contributed by atoms with Gasteiger partial charge in [0.05, 0.1) is 30.7 Å². The second-order valence-corrected chi connectivity index (χ2v) is 7.05. The molecule has 1 aliphatic rings. The van der Waals surface area contributed by atoms with Gasteiger partial charge < -0.3 is 24.9 Å². The fourth-order valence-electron chi connectivity index (χ4n) is 3.77. The number of nitrogens with two attached hydrogens (primary N) is 1. The molecule has 2 heterocycles. The van der Waals surface area contributed by atoms with Crippen LogP contribution in [0.3, 0.4) is 0 Å². The van der Waals surface area contributed by atoms with E-state index in [1.165, 1.54) is 0 Å². The Morgan fingerprint density at radius 2 is 1.93 bits per heavy atom. The number of pyridine rings is 1. The van der Waals surface area contributed by atoms with E-state index in [0.717, 1.165) is 5.56 Å². The molecule has 7 nitrogen and oxygen atoms in total. The molecular weight excluding hydrogens is 384 g/mol. The van der Waals surface area contributed by atoms with Gasteiger partial charge in [-0.25, -0.2) is 4.79 Å². The summed E-state index contributed by atoms with van der Waals surface area (Å²) in [6.07, 6.45) is 0. The Hall–Kier alpha value is -3.74. The summed E-state index contributed by atoms with van der Waals surface area (Å²) in [5.41, 5.74) is 8.60. The van der Waals surface area contributed by atoms with Crippen LogP contribution >= 0.6 is 0 Å². The van der Waals surface area contributed by atoms with E-state index in [9.17, 15) is 9.59 Å². The Balaban J connectivity index is 2.02. The SMILES string of the molecule is CCOC(=O)C1=C(N)Oc2c(c(=O)[nH]c3ccc(C)cc23)C1c1ccc(OC)cc1. The van der Waals surface area contributed by atoms with Crippen LogP contribution in [0.25, 0.3) is 10.9 Å². The lowest BCUT2D eigenvalue weighted by atomic mass is 9.83. The summed E-state index contributed by atoms with van der Waals surface area (Å²) in [4.78, 5) is 28.8. The largest absolute Gasteiger partial charge is 0.497 e. The minimum Gasteiger partial charge on any atom is -0.497 e. The predicted molar refractivity (Wildman–Crippen MR) is 113 cm³/mol. The Morgan fingerprint density at radius 3 is 2.60 bits per heavy atom. The Labute approximate surface area is 173 Å². The van der Waals surface area contributed by atoms with Gasteiger partial charge >= 0.3 is 5.97 Å². The first-order valence-corrected chi connectivity index (χ1v) is 9.59. The average molecular weight is 406 g/mol. The second-order valence-electron chi connectivity index (χ2n) is 7.05. The number of hydrogen-bond acceptors (Lipinski definition) is 6. The van der Waals surface area contributed by atoms with Crippen LogP contribution in [0.4, 0.5) is 0 Å². The first-order chi connectivity index (χ1) is 14.4. The molecule has 3 aromatic rings. The van der Waals surface area contributed by atoms with E-state index >= 15 is 0 Å². The lowest BCUT2D eigenvalue weighted by molar-refractivity contribution is -0.139. The van der Waals surface area contributed by atoms with Crippen LogP contribution in [0.1, 0.15) is 29.5 Å². The van der Waals surface area contributed by atoms with E-state index in [1.807, 2.05) is 25.1 Å². The predicted octanol–water partition coefficient (Wildman–Crippen LogP) is 3.10. The molecule has 0 spiro atoms. The summed E-state index contributed by atoms with van der Waals surface area (Å²) in [5.74, 6) is -0.430. The van der Waals surface area contributed by atoms with Crippen molar-refractivity contribution < 1.29 is 19.0 Å². The van der Waals surface area contributed by atoms with Gasteiger partial charge in [0, 0.05) is 5.39 Å². The summed E-state index contributed by atoms with van der Waals surface area (Å²) in [6, 6.07) is 12.8. The third kappa shape index (κ3) is 3.18. The van der Waals surface area contributed by atoms with Crippen LogP contribution in [0.2, 0.25) is 0 Å². The molecule has 0 bridgehead atoms. The second kappa shape index (κ2) is 7.59. The Kier molecular flexibility index (Phi) is 4.95. The molecule has 3 N–H and O–H groups in total. The molecule has 0 amide bonds. The number of aromatic nitrogens is 1. The highest BCUT2D eigenvalue weighted by atomic mass is 16.5. The molecule has 154 valence electrons. The number of rotatable bonds is 4. The zero-order valence-electron chi connectivity index (χ0n) is 16.9. The van der Waals surface area contributed by atoms with Crippen molar-refractivity contribution in [2.45, 2.75) is 19.8 Å². The number of nitrogens with one attached hydrogen (secondary N) is 1. The van der Waals surface area contributed by atoms with Crippen LogP contribution in [-0.2, 0) is 9.53 Å². The van der Waals surface area contributed by atoms with Gasteiger partial charge in [0.1, 0.15) is 17.1 Å². The molecule has 30 heavy (non-hydrogen) atoms. The van der Waals surface area contributed by atoms with E-state index in [2.05, 4.69) is 4.98 Å². The van der Waals surface area contributed by atoms with Crippen LogP contribution in [-0.4, -0.2) is 24.7 Å². The van der Waals surface area contributed by atoms with Gasteiger partial charge in [-0.1, -0.05) is 23.8 Å². The maximum atomic E-state index is 13.1. The number of esters is 1. The molecule has 0 aliphatic carbocycles. The van der Waals surface area contributed by atoms with Crippen molar-refractivity contribution in [1.29, 1.82) is 0 Å². The van der Waals surface area contributed by atoms with E-state index in [1.54, 1.807) is 38.3 Å². The maximum absolute atomic E-state index is 13.1. The minimum atomic E-state index is -0.743. The molecule has 2 aromatic carbocycles. The number of H-pyrrole nitrogens is 1. The minimum absolute atomic E-state index is 0.0739. The molecule has 4 rings (SSSR count). The first-order valence-electron chi connectivity index (χ1n) is 9.59. The third-order valence-corrected chi connectivity index (χ3v) is 5.16. The molecule has 0 radical (unpaired) electrons. The number of carbonyl (C=O) groups is 1. The highest BCUT2D eigenvalue weighted by molar-refractivity contribution is 5.95. The molecule has 0 fully saturated rings. The van der Waals surface area contributed by atoms with Gasteiger partial charge in [0.15, 0.2) is 0 Å². The van der Waals surface area contributed by atoms with Crippen molar-refractivity contribution >= 4 is 16.9 Å². The van der Waals surface area contributed by atoms with E-state index in [0.29, 0.717) is 33.5 Å². The molecule has 7 heteroatoms. The van der Waals surface area contributed by atoms with Gasteiger partial charge in [-0.15, -0.1) is 0 Å². The quantitative estimate of drug-likeness (QED) is 0.646. The van der Waals surface area contributed by atoms with Crippen LogP contribution in [0.15, 0.2) is 58.7 Å². The number of ether oxygens (including phenoxy) is 3. The standard InChI is InChI=1S/C23H22N2O5/c1-4-29-23(27)19-17(13-6-8-14(28-3)9-7-13)18-20(30-21(19)24)15-11-12(2)5-10-16(15)25-22(18)26/h5-11,17H,4,24H2,1-3H3,(H,25,26). The molecule has 0 saturated heterocycles. The monoisotopic (exact) mass is 406 g/mol. The van der Waals surface area contributed by atoms with Crippen molar-refractivity contribution in [1.82, 2.24) is 4.98 Å². The Morgan fingerprint density at radius 1 is 1.20 bits per heavy atom. The summed E-state index contributed by atoms with van der Waals surface area (Å²) in [5, 5.41) is 0.717. The molecular formula is C23H22N2O5. The van der Waals surface area contributed by atoms with Gasteiger partial charge in [-0.05, 0) is 43.7 Å². The lowest BCUT2D eigenvalue weighted by Gasteiger charge is -2.28. The molecule has 1 aromatic heterocycles. The molecule has 1 atom stereocenters. The average Bonchev–Trinajstić information content (AvgIpc) is 2.73. The van der Waals surface area contributed by atoms with Crippen LogP contribution in [0.5, 0.6) is 11.5 Å². The number of methoxy groups -OCH3 is 1. The van der Waals surface area contributed by atoms with Crippen LogP contribution in [0, 0.1) is 6.92 Å². The number of fused-ring (bicyclic) bond motifs is 3. The number of aromatic amines is 1. The Bertz CT molecular complexity index is 1220. The number of carbonyl (C=O) groups excluding carboxylic acids is 1. The topological polar surface area (TPSA) is 104 Å². The van der Waals surface area contributed by atoms with E-state index < -0.39 is 11.9 Å². The first kappa shape index (κ1) is 19.6. The molecule has 0 saturated carbocycles. The summed E-state index contributed by atoms with van der Waals surface area (Å²) >= 11 is 0. The molecule has 1 unspecified atom stereocenters. The summed E-state index contributed by atoms with van der Waals surface area (Å²) in [7, 11) is 1.57. The zero-order chi connectivity index (χ0) is 21.4. The molecule has 1 aliphatic heterocycles. The highest BCUT2D eigenvalue weighted by Crippen LogP contribution is 2.44. The fraction of sp³-hybridized carbons (Fsp3) is 0.217. The van der Waals surface area contributed by atoms with E-state index in [-0.39, 0.29) is 23.6 Å². The van der Waals surface area contributed by atoms with Crippen molar-refractivity contribution in [3.63, 3.8) is 0 Å². The van der Waals surface area contributed by atoms with Crippen molar-refractivity contribution in [2.24, 2.45) is 5.73 Å². The summed E-state index contributed by atoms with van der Waals surface area (Å²) < 4.78 is 16.3. The number of hydrogen-bond donors (Lipinski definition) is 2. The smallest absolute Gasteiger partial charge is 0.340 e. The maximum Gasteiger partial charge on any atom is 0.340 e. The normalized spacial score (nSPS) is 15.5. The van der Waals surface area contributed by atoms with Crippen LogP contribution < -0.4 is 20.8 Å². The van der Waals surface area contributed by atoms with Gasteiger partial charge in [-0.2, -0.15) is 0 Å². The van der Waals surface area contributed by atoms with E-state index in [4.69, 9.17) is 19.9 Å². The van der Waals surface area contributed by atoms with Gasteiger partial charge in [0.25, 0.3) is 5.56 Å².